The molecule has 6 heteroatoms. The summed E-state index contributed by atoms with van der Waals surface area (Å²) >= 11 is 0. The first-order valence-electron chi connectivity index (χ1n) is 5.25. The molecule has 1 N–H and O–H groups in total. The Labute approximate surface area is 103 Å². The van der Waals surface area contributed by atoms with Crippen molar-refractivity contribution in [2.24, 2.45) is 0 Å². The summed E-state index contributed by atoms with van der Waals surface area (Å²) in [6, 6.07) is 4.14. The van der Waals surface area contributed by atoms with Gasteiger partial charge in [0, 0.05) is 5.69 Å². The summed E-state index contributed by atoms with van der Waals surface area (Å²) in [5.74, 6) is 0. The molecule has 1 aromatic carbocycles. The van der Waals surface area contributed by atoms with Crippen LogP contribution in [0.15, 0.2) is 24.3 Å². The molecule has 1 aromatic rings. The van der Waals surface area contributed by atoms with E-state index < -0.39 is 23.4 Å². The van der Waals surface area contributed by atoms with Gasteiger partial charge in [-0.05, 0) is 45.0 Å². The van der Waals surface area contributed by atoms with Gasteiger partial charge < -0.3 is 4.74 Å². The van der Waals surface area contributed by atoms with Crippen LogP contribution in [0.4, 0.5) is 23.7 Å². The van der Waals surface area contributed by atoms with Gasteiger partial charge >= 0.3 is 12.3 Å². The van der Waals surface area contributed by atoms with E-state index in [1.54, 1.807) is 20.8 Å². The summed E-state index contributed by atoms with van der Waals surface area (Å²) in [5, 5.41) is 2.35. The van der Waals surface area contributed by atoms with E-state index in [-0.39, 0.29) is 5.69 Å². The summed E-state index contributed by atoms with van der Waals surface area (Å²) < 4.78 is 41.8. The highest BCUT2D eigenvalue weighted by Gasteiger charge is 2.30. The number of hydrogen-bond donors (Lipinski definition) is 1. The second kappa shape index (κ2) is 4.88. The fraction of sp³-hybridized carbons (Fsp3) is 0.417. The van der Waals surface area contributed by atoms with Crippen LogP contribution in [0.2, 0.25) is 0 Å². The summed E-state index contributed by atoms with van der Waals surface area (Å²) in [5.41, 5.74) is -1.18. The van der Waals surface area contributed by atoms with Crippen LogP contribution in [-0.4, -0.2) is 11.7 Å². The predicted octanol–water partition coefficient (Wildman–Crippen LogP) is 4.05. The van der Waals surface area contributed by atoms with Gasteiger partial charge in [0.2, 0.25) is 0 Å². The molecule has 0 radical (unpaired) electrons. The van der Waals surface area contributed by atoms with Crippen LogP contribution in [0.25, 0.3) is 0 Å². The molecular formula is C12H14F3NO2. The lowest BCUT2D eigenvalue weighted by Gasteiger charge is -2.19. The zero-order chi connectivity index (χ0) is 14.0. The number of rotatable bonds is 1. The number of halogens is 3. The van der Waals surface area contributed by atoms with E-state index >= 15 is 0 Å². The van der Waals surface area contributed by atoms with Crippen LogP contribution in [0.3, 0.4) is 0 Å². The van der Waals surface area contributed by atoms with E-state index in [0.29, 0.717) is 0 Å². The van der Waals surface area contributed by atoms with Gasteiger partial charge in [0.15, 0.2) is 0 Å². The van der Waals surface area contributed by atoms with E-state index in [4.69, 9.17) is 4.74 Å². The van der Waals surface area contributed by atoms with Crippen molar-refractivity contribution in [1.29, 1.82) is 0 Å². The minimum absolute atomic E-state index is 0.247. The fourth-order valence-corrected chi connectivity index (χ4v) is 1.16. The number of benzene rings is 1. The predicted molar refractivity (Wildman–Crippen MR) is 61.3 cm³/mol. The molecule has 0 aromatic heterocycles. The SMILES string of the molecule is CC(C)(C)OC(=O)Nc1ccc(C(F)(F)[18F])cc1. The molecule has 0 heterocycles. The Bertz CT molecular complexity index is 418. The number of nitrogens with one attached hydrogen (secondary N) is 1. The second-order valence-electron chi connectivity index (χ2n) is 4.70. The van der Waals surface area contributed by atoms with Crippen LogP contribution >= 0.6 is 0 Å². The first-order valence-corrected chi connectivity index (χ1v) is 5.25. The van der Waals surface area contributed by atoms with E-state index in [1.165, 1.54) is 12.1 Å². The maximum absolute atomic E-state index is 12.3. The van der Waals surface area contributed by atoms with Gasteiger partial charge in [0.25, 0.3) is 0 Å². The third kappa shape index (κ3) is 4.65. The summed E-state index contributed by atoms with van der Waals surface area (Å²) in [6.07, 6.45) is -5.09. The molecule has 0 bridgehead atoms. The average molecular weight is 260 g/mol. The van der Waals surface area contributed by atoms with E-state index in [0.717, 1.165) is 12.1 Å². The Balaban J connectivity index is 2.67. The van der Waals surface area contributed by atoms with Crippen molar-refractivity contribution in [2.45, 2.75) is 32.5 Å². The lowest BCUT2D eigenvalue weighted by molar-refractivity contribution is -0.137. The summed E-state index contributed by atoms with van der Waals surface area (Å²) in [6.45, 7) is 5.08. The van der Waals surface area contributed by atoms with Crippen molar-refractivity contribution >= 4 is 11.8 Å². The number of amides is 1. The Morgan fingerprint density at radius 2 is 1.61 bits per heavy atom. The normalized spacial score (nSPS) is 12.1. The minimum Gasteiger partial charge on any atom is -0.444 e. The van der Waals surface area contributed by atoms with Crippen molar-refractivity contribution in [3.05, 3.63) is 29.8 Å². The van der Waals surface area contributed by atoms with Crippen LogP contribution in [-0.2, 0) is 10.9 Å². The van der Waals surface area contributed by atoms with Gasteiger partial charge in [-0.3, -0.25) is 5.32 Å². The zero-order valence-corrected chi connectivity index (χ0v) is 10.3. The monoisotopic (exact) mass is 260 g/mol. The largest absolute Gasteiger partial charge is 0.444 e. The molecule has 100 valence electrons. The molecule has 1 rings (SSSR count). The summed E-state index contributed by atoms with van der Waals surface area (Å²) in [4.78, 5) is 11.4. The van der Waals surface area contributed by atoms with E-state index in [9.17, 15) is 18.0 Å². The Morgan fingerprint density at radius 1 is 1.11 bits per heavy atom. The molecule has 0 unspecified atom stereocenters. The highest BCUT2D eigenvalue weighted by molar-refractivity contribution is 5.84. The molecule has 1 amide bonds. The lowest BCUT2D eigenvalue weighted by atomic mass is 10.2. The first-order chi connectivity index (χ1) is 8.08. The maximum atomic E-state index is 12.3. The Hall–Kier alpha value is -1.72. The Kier molecular flexibility index (Phi) is 3.88. The molecule has 0 spiro atoms. The number of ether oxygens (including phenoxy) is 1. The smallest absolute Gasteiger partial charge is 0.416 e. The van der Waals surface area contributed by atoms with Crippen molar-refractivity contribution < 1.29 is 22.7 Å². The van der Waals surface area contributed by atoms with Crippen LogP contribution in [0, 0.1) is 0 Å². The lowest BCUT2D eigenvalue weighted by Crippen LogP contribution is -2.27. The van der Waals surface area contributed by atoms with Gasteiger partial charge in [-0.2, -0.15) is 13.2 Å². The molecule has 18 heavy (non-hydrogen) atoms. The molecule has 0 atom stereocenters. The van der Waals surface area contributed by atoms with Crippen molar-refractivity contribution in [1.82, 2.24) is 0 Å². The molecule has 0 saturated carbocycles. The molecular weight excluding hydrogens is 246 g/mol. The van der Waals surface area contributed by atoms with Crippen molar-refractivity contribution in [3.8, 4) is 0 Å². The van der Waals surface area contributed by atoms with Gasteiger partial charge in [-0.25, -0.2) is 4.79 Å². The van der Waals surface area contributed by atoms with E-state index in [1.807, 2.05) is 0 Å². The molecule has 0 aliphatic carbocycles. The number of carbonyl (C=O) groups is 1. The quantitative estimate of drug-likeness (QED) is 0.827. The van der Waals surface area contributed by atoms with Gasteiger partial charge in [-0.15, -0.1) is 0 Å². The van der Waals surface area contributed by atoms with Crippen LogP contribution in [0.5, 0.6) is 0 Å². The minimum atomic E-state index is -4.38. The van der Waals surface area contributed by atoms with Crippen molar-refractivity contribution in [3.63, 3.8) is 0 Å². The highest BCUT2D eigenvalue weighted by atomic mass is 19.3. The van der Waals surface area contributed by atoms with Gasteiger partial charge in [0.05, 0.1) is 5.56 Å². The Morgan fingerprint density at radius 3 is 2.00 bits per heavy atom. The molecule has 0 aliphatic heterocycles. The highest BCUT2D eigenvalue weighted by Crippen LogP contribution is 2.29. The van der Waals surface area contributed by atoms with Crippen molar-refractivity contribution in [2.75, 3.05) is 5.32 Å². The standard InChI is InChI=1S/C12H14F3NO2/c1-11(2,3)18-10(17)16-9-6-4-8(5-7-9)12(13,14)15/h4-7H,1-3H3,(H,16,17)/i13-1. The zero-order valence-electron chi connectivity index (χ0n) is 10.3. The van der Waals surface area contributed by atoms with Gasteiger partial charge in [0.1, 0.15) is 5.60 Å². The van der Waals surface area contributed by atoms with Gasteiger partial charge in [-0.1, -0.05) is 0 Å². The number of alkyl halides is 3. The average Bonchev–Trinajstić information content (AvgIpc) is 2.13. The van der Waals surface area contributed by atoms with E-state index in [2.05, 4.69) is 5.32 Å². The third-order valence-electron chi connectivity index (χ3n) is 1.86. The summed E-state index contributed by atoms with van der Waals surface area (Å²) in [7, 11) is 0. The molecule has 0 fully saturated rings. The number of anilines is 1. The number of carbonyl (C=O) groups excluding carboxylic acids is 1. The molecule has 0 aliphatic rings. The van der Waals surface area contributed by atoms with Crippen LogP contribution < -0.4 is 5.32 Å². The molecule has 3 nitrogen and oxygen atoms in total. The first kappa shape index (κ1) is 14.3. The fourth-order valence-electron chi connectivity index (χ4n) is 1.16. The van der Waals surface area contributed by atoms with Crippen LogP contribution in [0.1, 0.15) is 26.3 Å². The topological polar surface area (TPSA) is 38.3 Å². The second-order valence-corrected chi connectivity index (χ2v) is 4.70. The molecule has 0 saturated heterocycles. The third-order valence-corrected chi connectivity index (χ3v) is 1.86. The maximum Gasteiger partial charge on any atom is 0.416 e. The number of hydrogen-bond acceptors (Lipinski definition) is 2.